The molecule has 1 aliphatic rings. The second-order valence-electron chi connectivity index (χ2n) is 5.78. The Hall–Kier alpha value is -2.18. The molecule has 2 aromatic rings. The second kappa shape index (κ2) is 8.27. The van der Waals surface area contributed by atoms with Gasteiger partial charge in [-0.1, -0.05) is 30.3 Å². The molecule has 25 heavy (non-hydrogen) atoms. The molecule has 1 unspecified atom stereocenters. The molecule has 1 saturated heterocycles. The van der Waals surface area contributed by atoms with Gasteiger partial charge in [0.25, 0.3) is 5.92 Å². The minimum absolute atomic E-state index is 0. The molecule has 0 spiro atoms. The van der Waals surface area contributed by atoms with Gasteiger partial charge in [0.1, 0.15) is 12.4 Å². The van der Waals surface area contributed by atoms with Crippen molar-refractivity contribution in [3.63, 3.8) is 0 Å². The summed E-state index contributed by atoms with van der Waals surface area (Å²) in [6.07, 6.45) is -0.475. The molecule has 1 heterocycles. The molecule has 1 atom stereocenters. The number of alkyl halides is 2. The Morgan fingerprint density at radius 1 is 1.16 bits per heavy atom. The first-order chi connectivity index (χ1) is 11.5. The maximum Gasteiger partial charge on any atom is 0.262 e. The third-order valence-corrected chi connectivity index (χ3v) is 3.80. The molecule has 0 aromatic heterocycles. The van der Waals surface area contributed by atoms with Gasteiger partial charge in [0.05, 0.1) is 12.6 Å². The summed E-state index contributed by atoms with van der Waals surface area (Å²) < 4.78 is 31.9. The minimum Gasteiger partial charge on any atom is -0.489 e. The summed E-state index contributed by atoms with van der Waals surface area (Å²) in [6, 6.07) is 15.7. The number of benzene rings is 2. The number of rotatable bonds is 5. The molecule has 0 saturated carbocycles. The van der Waals surface area contributed by atoms with Crippen molar-refractivity contribution in [1.82, 2.24) is 5.32 Å². The van der Waals surface area contributed by atoms with E-state index in [0.717, 1.165) is 5.56 Å². The van der Waals surface area contributed by atoms with Crippen molar-refractivity contribution >= 4 is 24.0 Å². The van der Waals surface area contributed by atoms with Crippen LogP contribution in [0.5, 0.6) is 5.75 Å². The maximum atomic E-state index is 13.1. The lowest BCUT2D eigenvalue weighted by Crippen LogP contribution is -2.35. The summed E-state index contributed by atoms with van der Waals surface area (Å²) in [5, 5.41) is 5.16. The number of halogens is 3. The van der Waals surface area contributed by atoms with Crippen molar-refractivity contribution in [2.45, 2.75) is 25.0 Å². The summed E-state index contributed by atoms with van der Waals surface area (Å²) in [6.45, 7) is -0.00896. The number of carbonyl (C=O) groups is 1. The van der Waals surface area contributed by atoms with Crippen LogP contribution >= 0.6 is 12.4 Å². The Labute approximate surface area is 151 Å². The molecule has 1 aliphatic heterocycles. The highest BCUT2D eigenvalue weighted by Gasteiger charge is 2.42. The Balaban J connectivity index is 0.00000225. The highest BCUT2D eigenvalue weighted by Crippen LogP contribution is 2.26. The fourth-order valence-electron chi connectivity index (χ4n) is 2.51. The fraction of sp³-hybridized carbons (Fsp3) is 0.278. The molecule has 0 bridgehead atoms. The lowest BCUT2D eigenvalue weighted by molar-refractivity contribution is -0.118. The summed E-state index contributed by atoms with van der Waals surface area (Å²) in [5.41, 5.74) is 1.60. The van der Waals surface area contributed by atoms with E-state index in [2.05, 4.69) is 10.6 Å². The van der Waals surface area contributed by atoms with Crippen LogP contribution in [0.4, 0.5) is 14.5 Å². The normalized spacial score (nSPS) is 18.2. The van der Waals surface area contributed by atoms with Crippen LogP contribution in [0.3, 0.4) is 0 Å². The second-order valence-corrected chi connectivity index (χ2v) is 5.78. The van der Waals surface area contributed by atoms with Gasteiger partial charge in [-0.05, 0) is 29.8 Å². The van der Waals surface area contributed by atoms with Gasteiger partial charge in [0.15, 0.2) is 0 Å². The number of carbonyl (C=O) groups excluding carboxylic acids is 1. The topological polar surface area (TPSA) is 50.4 Å². The monoisotopic (exact) mass is 368 g/mol. The van der Waals surface area contributed by atoms with E-state index in [1.165, 1.54) is 0 Å². The van der Waals surface area contributed by atoms with Gasteiger partial charge in [0, 0.05) is 12.1 Å². The van der Waals surface area contributed by atoms with Crippen molar-refractivity contribution < 1.29 is 18.3 Å². The summed E-state index contributed by atoms with van der Waals surface area (Å²) in [4.78, 5) is 12.0. The van der Waals surface area contributed by atoms with Gasteiger partial charge >= 0.3 is 0 Å². The van der Waals surface area contributed by atoms with E-state index in [1.807, 2.05) is 30.3 Å². The van der Waals surface area contributed by atoms with Gasteiger partial charge in [-0.3, -0.25) is 10.1 Å². The molecule has 0 radical (unpaired) electrons. The van der Waals surface area contributed by atoms with Crippen molar-refractivity contribution in [2.24, 2.45) is 0 Å². The number of hydrogen-bond donors (Lipinski definition) is 2. The molecule has 0 aliphatic carbocycles. The first-order valence-corrected chi connectivity index (χ1v) is 7.71. The highest BCUT2D eigenvalue weighted by atomic mass is 35.5. The molecular weight excluding hydrogens is 350 g/mol. The zero-order valence-electron chi connectivity index (χ0n) is 13.4. The number of anilines is 1. The molecule has 1 fully saturated rings. The SMILES string of the molecule is Cl.O=C(Nc1ccc(OCc2ccccc2)cc1)C1CC(F)(F)CN1. The zero-order valence-corrected chi connectivity index (χ0v) is 14.2. The quantitative estimate of drug-likeness (QED) is 0.847. The van der Waals surface area contributed by atoms with Crippen LogP contribution in [-0.4, -0.2) is 24.4 Å². The minimum atomic E-state index is -2.82. The molecular formula is C18H19ClF2N2O2. The van der Waals surface area contributed by atoms with Crippen molar-refractivity contribution in [3.8, 4) is 5.75 Å². The first kappa shape index (κ1) is 19.1. The van der Waals surface area contributed by atoms with E-state index < -0.39 is 30.8 Å². The van der Waals surface area contributed by atoms with Crippen LogP contribution in [0.1, 0.15) is 12.0 Å². The smallest absolute Gasteiger partial charge is 0.262 e. The molecule has 2 aromatic carbocycles. The number of nitrogens with one attached hydrogen (secondary N) is 2. The molecule has 3 rings (SSSR count). The van der Waals surface area contributed by atoms with Crippen LogP contribution in [0.2, 0.25) is 0 Å². The number of amides is 1. The number of ether oxygens (including phenoxy) is 1. The van der Waals surface area contributed by atoms with Gasteiger partial charge in [-0.25, -0.2) is 8.78 Å². The van der Waals surface area contributed by atoms with Crippen molar-refractivity contribution in [3.05, 3.63) is 60.2 Å². The van der Waals surface area contributed by atoms with Gasteiger partial charge in [-0.2, -0.15) is 0 Å². The Morgan fingerprint density at radius 3 is 2.44 bits per heavy atom. The Morgan fingerprint density at radius 2 is 1.84 bits per heavy atom. The van der Waals surface area contributed by atoms with Crippen LogP contribution in [0, 0.1) is 0 Å². The zero-order chi connectivity index (χ0) is 17.0. The maximum absolute atomic E-state index is 13.1. The summed E-state index contributed by atoms with van der Waals surface area (Å²) in [5.74, 6) is -2.61. The van der Waals surface area contributed by atoms with Crippen molar-refractivity contribution in [2.75, 3.05) is 11.9 Å². The lowest BCUT2D eigenvalue weighted by atomic mass is 10.2. The average molecular weight is 369 g/mol. The third-order valence-electron chi connectivity index (χ3n) is 3.80. The van der Waals surface area contributed by atoms with E-state index in [4.69, 9.17) is 4.74 Å². The predicted octanol–water partition coefficient (Wildman–Crippen LogP) is 3.62. The Bertz CT molecular complexity index is 696. The van der Waals surface area contributed by atoms with Crippen LogP contribution in [-0.2, 0) is 11.4 Å². The highest BCUT2D eigenvalue weighted by molar-refractivity contribution is 5.95. The van der Waals surface area contributed by atoms with Crippen molar-refractivity contribution in [1.29, 1.82) is 0 Å². The molecule has 7 heteroatoms. The molecule has 134 valence electrons. The molecule has 4 nitrogen and oxygen atoms in total. The first-order valence-electron chi connectivity index (χ1n) is 7.71. The van der Waals surface area contributed by atoms with Crippen LogP contribution in [0.25, 0.3) is 0 Å². The van der Waals surface area contributed by atoms with Gasteiger partial charge in [0.2, 0.25) is 5.91 Å². The standard InChI is InChI=1S/C18H18F2N2O2.ClH/c19-18(20)10-16(21-12-18)17(23)22-14-6-8-15(9-7-14)24-11-13-4-2-1-3-5-13;/h1-9,16,21H,10-12H2,(H,22,23);1H. The molecule has 2 N–H and O–H groups in total. The van der Waals surface area contributed by atoms with E-state index in [1.54, 1.807) is 24.3 Å². The van der Waals surface area contributed by atoms with E-state index in [0.29, 0.717) is 18.0 Å². The van der Waals surface area contributed by atoms with E-state index in [9.17, 15) is 13.6 Å². The largest absolute Gasteiger partial charge is 0.489 e. The summed E-state index contributed by atoms with van der Waals surface area (Å²) >= 11 is 0. The van der Waals surface area contributed by atoms with Gasteiger partial charge in [-0.15, -0.1) is 12.4 Å². The van der Waals surface area contributed by atoms with Crippen LogP contribution in [0.15, 0.2) is 54.6 Å². The number of hydrogen-bond acceptors (Lipinski definition) is 3. The summed E-state index contributed by atoms with van der Waals surface area (Å²) in [7, 11) is 0. The Kier molecular flexibility index (Phi) is 6.33. The van der Waals surface area contributed by atoms with E-state index >= 15 is 0 Å². The molecule has 1 amide bonds. The van der Waals surface area contributed by atoms with E-state index in [-0.39, 0.29) is 12.4 Å². The fourth-order valence-corrected chi connectivity index (χ4v) is 2.51. The van der Waals surface area contributed by atoms with Crippen LogP contribution < -0.4 is 15.4 Å². The third kappa shape index (κ3) is 5.41. The van der Waals surface area contributed by atoms with Gasteiger partial charge < -0.3 is 10.1 Å². The predicted molar refractivity (Wildman–Crippen MR) is 94.4 cm³/mol. The lowest BCUT2D eigenvalue weighted by Gasteiger charge is -2.12. The average Bonchev–Trinajstić information content (AvgIpc) is 2.95.